The fourth-order valence-corrected chi connectivity index (χ4v) is 7.22. The van der Waals surface area contributed by atoms with E-state index in [4.69, 9.17) is 30.8 Å². The SMILES string of the molecule is CC1CCC(CCn2c(N3CCCOC4CCCC43)nc3cc(-c4noc(=O)[nH]4)nc(-c4cncc(Cl)c4)c32)CC1. The number of fused-ring (bicyclic) bond motifs is 2. The zero-order valence-corrected chi connectivity index (χ0v) is 24.1. The molecular formula is C30H36ClN7O3. The molecule has 4 aromatic rings. The molecule has 4 aromatic heterocycles. The largest absolute Gasteiger partial charge is 0.439 e. The lowest BCUT2D eigenvalue weighted by Gasteiger charge is -2.32. The number of imidazole rings is 1. The van der Waals surface area contributed by atoms with Crippen molar-refractivity contribution in [1.82, 2.24) is 29.7 Å². The van der Waals surface area contributed by atoms with Crippen molar-refractivity contribution in [3.05, 3.63) is 40.1 Å². The summed E-state index contributed by atoms with van der Waals surface area (Å²) in [6.07, 6.45) is 14.2. The van der Waals surface area contributed by atoms with Crippen LogP contribution in [0.25, 0.3) is 33.8 Å². The number of aromatic amines is 1. The molecule has 1 N–H and O–H groups in total. The number of H-pyrrole nitrogens is 1. The van der Waals surface area contributed by atoms with Crippen LogP contribution in [0.3, 0.4) is 0 Å². The van der Waals surface area contributed by atoms with Crippen molar-refractivity contribution in [1.29, 1.82) is 0 Å². The molecular weight excluding hydrogens is 542 g/mol. The van der Waals surface area contributed by atoms with E-state index in [0.717, 1.165) is 80.3 Å². The number of ether oxygens (including phenoxy) is 1. The summed E-state index contributed by atoms with van der Waals surface area (Å²) in [5, 5.41) is 4.44. The number of pyridine rings is 2. The monoisotopic (exact) mass is 577 g/mol. The zero-order valence-electron chi connectivity index (χ0n) is 23.4. The molecule has 2 saturated carbocycles. The predicted octanol–water partition coefficient (Wildman–Crippen LogP) is 5.85. The van der Waals surface area contributed by atoms with Crippen LogP contribution in [0.1, 0.15) is 64.7 Å². The fraction of sp³-hybridized carbons (Fsp3) is 0.567. The Bertz CT molecular complexity index is 1590. The molecule has 3 fully saturated rings. The van der Waals surface area contributed by atoms with Crippen LogP contribution in [0.4, 0.5) is 5.95 Å². The average molecular weight is 578 g/mol. The van der Waals surface area contributed by atoms with E-state index < -0.39 is 5.76 Å². The van der Waals surface area contributed by atoms with Crippen LogP contribution in [-0.2, 0) is 11.3 Å². The van der Waals surface area contributed by atoms with E-state index in [0.29, 0.717) is 28.4 Å². The van der Waals surface area contributed by atoms with E-state index >= 15 is 0 Å². The van der Waals surface area contributed by atoms with E-state index in [1.807, 2.05) is 12.1 Å². The van der Waals surface area contributed by atoms with Gasteiger partial charge in [0.15, 0.2) is 0 Å². The van der Waals surface area contributed by atoms with Crippen LogP contribution in [0, 0.1) is 11.8 Å². The summed E-state index contributed by atoms with van der Waals surface area (Å²) >= 11 is 6.42. The second-order valence-corrected chi connectivity index (χ2v) is 12.4. The molecule has 41 heavy (non-hydrogen) atoms. The first kappa shape index (κ1) is 26.6. The van der Waals surface area contributed by atoms with Crippen LogP contribution < -0.4 is 10.7 Å². The van der Waals surface area contributed by atoms with Gasteiger partial charge in [-0.2, -0.15) is 0 Å². The second-order valence-electron chi connectivity index (χ2n) is 12.0. The van der Waals surface area contributed by atoms with Crippen molar-refractivity contribution < 1.29 is 9.26 Å². The van der Waals surface area contributed by atoms with Gasteiger partial charge in [0.05, 0.1) is 33.9 Å². The summed E-state index contributed by atoms with van der Waals surface area (Å²) in [6, 6.07) is 4.07. The number of aromatic nitrogens is 6. The van der Waals surface area contributed by atoms with Crippen LogP contribution in [-0.4, -0.2) is 55.0 Å². The summed E-state index contributed by atoms with van der Waals surface area (Å²) in [4.78, 5) is 31.6. The topological polar surface area (TPSA) is 115 Å². The fourth-order valence-electron chi connectivity index (χ4n) is 7.05. The van der Waals surface area contributed by atoms with E-state index in [9.17, 15) is 4.79 Å². The number of aryl methyl sites for hydroxylation is 1. The number of halogens is 1. The minimum Gasteiger partial charge on any atom is -0.376 e. The van der Waals surface area contributed by atoms with Gasteiger partial charge >= 0.3 is 5.76 Å². The molecule has 0 bridgehead atoms. The molecule has 7 rings (SSSR count). The van der Waals surface area contributed by atoms with Crippen molar-refractivity contribution in [2.24, 2.45) is 11.8 Å². The molecule has 0 spiro atoms. The average Bonchev–Trinajstić information content (AvgIpc) is 3.68. The lowest BCUT2D eigenvalue weighted by Crippen LogP contribution is -2.41. The number of rotatable bonds is 6. The van der Waals surface area contributed by atoms with Crippen LogP contribution in [0.5, 0.6) is 0 Å². The van der Waals surface area contributed by atoms with Gasteiger partial charge in [0.25, 0.3) is 0 Å². The zero-order chi connectivity index (χ0) is 27.9. The minimum absolute atomic E-state index is 0.232. The van der Waals surface area contributed by atoms with Gasteiger partial charge in [-0.15, -0.1) is 0 Å². The molecule has 1 saturated heterocycles. The molecule has 10 nitrogen and oxygen atoms in total. The Kier molecular flexibility index (Phi) is 7.28. The van der Waals surface area contributed by atoms with Crippen molar-refractivity contribution in [2.45, 2.75) is 83.4 Å². The maximum Gasteiger partial charge on any atom is 0.439 e. The number of nitrogens with zero attached hydrogens (tertiary/aromatic N) is 6. The molecule has 2 unspecified atom stereocenters. The number of hydrogen-bond donors (Lipinski definition) is 1. The van der Waals surface area contributed by atoms with E-state index in [2.05, 4.69) is 31.5 Å². The quantitative estimate of drug-likeness (QED) is 0.303. The number of nitrogens with one attached hydrogen (secondary N) is 1. The highest BCUT2D eigenvalue weighted by Gasteiger charge is 2.37. The summed E-state index contributed by atoms with van der Waals surface area (Å²) < 4.78 is 13.5. The Morgan fingerprint density at radius 3 is 2.76 bits per heavy atom. The molecule has 216 valence electrons. The molecule has 2 atom stereocenters. The third kappa shape index (κ3) is 5.28. The van der Waals surface area contributed by atoms with Crippen molar-refractivity contribution in [3.63, 3.8) is 0 Å². The number of hydrogen-bond acceptors (Lipinski definition) is 8. The molecule has 3 aliphatic rings. The summed E-state index contributed by atoms with van der Waals surface area (Å²) in [7, 11) is 0. The molecule has 5 heterocycles. The molecule has 11 heteroatoms. The summed E-state index contributed by atoms with van der Waals surface area (Å²) in [5.74, 6) is 2.12. The van der Waals surface area contributed by atoms with Gasteiger partial charge in [-0.05, 0) is 56.1 Å². The lowest BCUT2D eigenvalue weighted by atomic mass is 9.81. The summed E-state index contributed by atoms with van der Waals surface area (Å²) in [5.41, 5.74) is 3.71. The smallest absolute Gasteiger partial charge is 0.376 e. The lowest BCUT2D eigenvalue weighted by molar-refractivity contribution is 0.0589. The van der Waals surface area contributed by atoms with Gasteiger partial charge in [-0.1, -0.05) is 49.4 Å². The van der Waals surface area contributed by atoms with E-state index in [-0.39, 0.29) is 11.9 Å². The van der Waals surface area contributed by atoms with Crippen LogP contribution in [0.15, 0.2) is 33.8 Å². The Balaban J connectivity index is 1.40. The van der Waals surface area contributed by atoms with E-state index in [1.54, 1.807) is 12.4 Å². The number of anilines is 1. The Labute approximate surface area is 243 Å². The van der Waals surface area contributed by atoms with Crippen molar-refractivity contribution >= 4 is 28.6 Å². The van der Waals surface area contributed by atoms with Gasteiger partial charge in [0, 0.05) is 37.7 Å². The standard InChI is InChI=1S/C30H36ClN7O3/c1-18-6-8-19(9-7-18)10-12-38-27-22(34-29(38)37-11-3-13-40-25-5-2-4-24(25)37)15-23(28-35-30(39)41-36-28)33-26(27)20-14-21(31)17-32-16-20/h14-19,24-25H,2-13H2,1H3,(H,35,36,39). The minimum atomic E-state index is -0.627. The maximum atomic E-state index is 11.8. The Hall–Kier alpha value is -3.24. The van der Waals surface area contributed by atoms with Gasteiger partial charge in [-0.3, -0.25) is 14.5 Å². The van der Waals surface area contributed by atoms with Gasteiger partial charge in [-0.25, -0.2) is 14.8 Å². The highest BCUT2D eigenvalue weighted by molar-refractivity contribution is 6.30. The summed E-state index contributed by atoms with van der Waals surface area (Å²) in [6.45, 7) is 4.90. The molecule has 0 radical (unpaired) electrons. The predicted molar refractivity (Wildman–Crippen MR) is 157 cm³/mol. The third-order valence-electron chi connectivity index (χ3n) is 9.21. The van der Waals surface area contributed by atoms with Crippen LogP contribution in [0.2, 0.25) is 5.02 Å². The molecule has 2 aliphatic carbocycles. The first-order valence-electron chi connectivity index (χ1n) is 15.0. The van der Waals surface area contributed by atoms with E-state index in [1.165, 1.54) is 25.7 Å². The third-order valence-corrected chi connectivity index (χ3v) is 9.42. The normalized spacial score (nSPS) is 25.0. The van der Waals surface area contributed by atoms with Gasteiger partial charge < -0.3 is 14.2 Å². The highest BCUT2D eigenvalue weighted by atomic mass is 35.5. The van der Waals surface area contributed by atoms with Crippen LogP contribution >= 0.6 is 11.6 Å². The molecule has 0 amide bonds. The first-order valence-corrected chi connectivity index (χ1v) is 15.4. The molecule has 0 aromatic carbocycles. The van der Waals surface area contributed by atoms with Gasteiger partial charge in [0.2, 0.25) is 11.8 Å². The van der Waals surface area contributed by atoms with Crippen molar-refractivity contribution in [3.8, 4) is 22.8 Å². The Morgan fingerprint density at radius 2 is 1.95 bits per heavy atom. The van der Waals surface area contributed by atoms with Gasteiger partial charge in [0.1, 0.15) is 5.69 Å². The first-order chi connectivity index (χ1) is 20.0. The maximum absolute atomic E-state index is 11.8. The Morgan fingerprint density at radius 1 is 1.07 bits per heavy atom. The highest BCUT2D eigenvalue weighted by Crippen LogP contribution is 2.39. The van der Waals surface area contributed by atoms with Crippen molar-refractivity contribution in [2.75, 3.05) is 18.1 Å². The second kappa shape index (κ2) is 11.2. The molecule has 1 aliphatic heterocycles.